The normalized spacial score (nSPS) is 16.2. The molecular formula is C11H25NO. The maximum Gasteiger partial charge on any atom is 0.0431 e. The van der Waals surface area contributed by atoms with E-state index in [1.165, 1.54) is 6.42 Å². The zero-order valence-corrected chi connectivity index (χ0v) is 9.51. The van der Waals surface area contributed by atoms with Crippen LogP contribution in [0.3, 0.4) is 0 Å². The van der Waals surface area contributed by atoms with Crippen LogP contribution in [0.4, 0.5) is 0 Å². The van der Waals surface area contributed by atoms with Gasteiger partial charge in [-0.3, -0.25) is 0 Å². The van der Waals surface area contributed by atoms with Gasteiger partial charge in [-0.25, -0.2) is 0 Å². The van der Waals surface area contributed by atoms with Crippen molar-refractivity contribution in [2.45, 2.75) is 59.0 Å². The predicted molar refractivity (Wildman–Crippen MR) is 57.8 cm³/mol. The SMILES string of the molecule is CC[C@@H](N[C@@H](C)CCCO)C(C)C. The number of aliphatic hydroxyl groups excluding tert-OH is 1. The molecule has 0 aliphatic rings. The van der Waals surface area contributed by atoms with Crippen LogP contribution in [0.15, 0.2) is 0 Å². The van der Waals surface area contributed by atoms with Crippen molar-refractivity contribution >= 4 is 0 Å². The Morgan fingerprint density at radius 3 is 2.23 bits per heavy atom. The molecule has 2 N–H and O–H groups in total. The Balaban J connectivity index is 3.66. The molecule has 0 aliphatic carbocycles. The molecule has 0 unspecified atom stereocenters. The minimum atomic E-state index is 0.310. The van der Waals surface area contributed by atoms with Gasteiger partial charge >= 0.3 is 0 Å². The molecule has 0 aliphatic heterocycles. The summed E-state index contributed by atoms with van der Waals surface area (Å²) in [6.07, 6.45) is 3.16. The number of hydrogen-bond donors (Lipinski definition) is 2. The first-order valence-electron chi connectivity index (χ1n) is 5.48. The zero-order chi connectivity index (χ0) is 10.3. The number of hydrogen-bond acceptors (Lipinski definition) is 2. The van der Waals surface area contributed by atoms with Crippen molar-refractivity contribution in [2.75, 3.05) is 6.61 Å². The molecule has 0 spiro atoms. The van der Waals surface area contributed by atoms with E-state index in [-0.39, 0.29) is 0 Å². The molecule has 0 aromatic heterocycles. The molecule has 13 heavy (non-hydrogen) atoms. The highest BCUT2D eigenvalue weighted by Gasteiger charge is 2.12. The fourth-order valence-corrected chi connectivity index (χ4v) is 1.63. The lowest BCUT2D eigenvalue weighted by Gasteiger charge is -2.25. The van der Waals surface area contributed by atoms with Crippen molar-refractivity contribution in [3.05, 3.63) is 0 Å². The summed E-state index contributed by atoms with van der Waals surface area (Å²) in [6, 6.07) is 1.15. The van der Waals surface area contributed by atoms with E-state index >= 15 is 0 Å². The maximum absolute atomic E-state index is 8.69. The second-order valence-electron chi connectivity index (χ2n) is 4.19. The molecule has 0 rings (SSSR count). The second kappa shape index (κ2) is 7.34. The Labute approximate surface area is 82.7 Å². The first-order valence-corrected chi connectivity index (χ1v) is 5.48. The van der Waals surface area contributed by atoms with Crippen LogP contribution in [0, 0.1) is 5.92 Å². The molecule has 2 nitrogen and oxygen atoms in total. The smallest absolute Gasteiger partial charge is 0.0431 e. The quantitative estimate of drug-likeness (QED) is 0.640. The van der Waals surface area contributed by atoms with Gasteiger partial charge in [0.05, 0.1) is 0 Å². The van der Waals surface area contributed by atoms with E-state index in [0.29, 0.717) is 24.6 Å². The number of nitrogens with one attached hydrogen (secondary N) is 1. The lowest BCUT2D eigenvalue weighted by atomic mass is 10.00. The Kier molecular flexibility index (Phi) is 7.29. The van der Waals surface area contributed by atoms with E-state index in [1.54, 1.807) is 0 Å². The van der Waals surface area contributed by atoms with E-state index in [4.69, 9.17) is 5.11 Å². The average Bonchev–Trinajstić information content (AvgIpc) is 2.10. The fraction of sp³-hybridized carbons (Fsp3) is 1.00. The van der Waals surface area contributed by atoms with Gasteiger partial charge in [-0.1, -0.05) is 20.8 Å². The molecule has 0 amide bonds. The van der Waals surface area contributed by atoms with Crippen molar-refractivity contribution in [3.63, 3.8) is 0 Å². The van der Waals surface area contributed by atoms with E-state index in [9.17, 15) is 0 Å². The lowest BCUT2D eigenvalue weighted by Crippen LogP contribution is -2.39. The third-order valence-electron chi connectivity index (χ3n) is 2.54. The summed E-state index contributed by atoms with van der Waals surface area (Å²) in [7, 11) is 0. The highest BCUT2D eigenvalue weighted by atomic mass is 16.2. The van der Waals surface area contributed by atoms with Crippen LogP contribution in [-0.2, 0) is 0 Å². The first-order chi connectivity index (χ1) is 6.11. The molecule has 0 aromatic rings. The van der Waals surface area contributed by atoms with Crippen molar-refractivity contribution in [1.29, 1.82) is 0 Å². The summed E-state index contributed by atoms with van der Waals surface area (Å²) >= 11 is 0. The topological polar surface area (TPSA) is 32.3 Å². The van der Waals surface area contributed by atoms with Crippen molar-refractivity contribution in [3.8, 4) is 0 Å². The summed E-state index contributed by atoms with van der Waals surface area (Å²) in [4.78, 5) is 0. The van der Waals surface area contributed by atoms with Crippen LogP contribution in [-0.4, -0.2) is 23.8 Å². The molecule has 0 bridgehead atoms. The molecule has 0 saturated carbocycles. The molecule has 0 fully saturated rings. The number of aliphatic hydroxyl groups is 1. The van der Waals surface area contributed by atoms with Crippen molar-refractivity contribution in [2.24, 2.45) is 5.92 Å². The summed E-state index contributed by atoms with van der Waals surface area (Å²) in [5, 5.41) is 12.3. The molecule has 0 saturated heterocycles. The standard InChI is InChI=1S/C11H25NO/c1-5-11(9(2)3)12-10(4)7-6-8-13/h9-13H,5-8H2,1-4H3/t10-,11+/m0/s1. The molecule has 2 atom stereocenters. The Hall–Kier alpha value is -0.0800. The van der Waals surface area contributed by atoms with Gasteiger partial charge in [0.2, 0.25) is 0 Å². The summed E-state index contributed by atoms with van der Waals surface area (Å²) in [5.41, 5.74) is 0. The van der Waals surface area contributed by atoms with Gasteiger partial charge in [-0.2, -0.15) is 0 Å². The minimum Gasteiger partial charge on any atom is -0.396 e. The van der Waals surface area contributed by atoms with E-state index in [0.717, 1.165) is 12.8 Å². The minimum absolute atomic E-state index is 0.310. The van der Waals surface area contributed by atoms with Crippen LogP contribution in [0.5, 0.6) is 0 Å². The van der Waals surface area contributed by atoms with Crippen LogP contribution >= 0.6 is 0 Å². The van der Waals surface area contributed by atoms with E-state index < -0.39 is 0 Å². The molecular weight excluding hydrogens is 162 g/mol. The molecule has 2 heteroatoms. The summed E-state index contributed by atoms with van der Waals surface area (Å²) in [5.74, 6) is 0.696. The monoisotopic (exact) mass is 187 g/mol. The Bertz CT molecular complexity index is 115. The van der Waals surface area contributed by atoms with Crippen LogP contribution in [0.25, 0.3) is 0 Å². The van der Waals surface area contributed by atoms with Gasteiger partial charge < -0.3 is 10.4 Å². The zero-order valence-electron chi connectivity index (χ0n) is 9.51. The highest BCUT2D eigenvalue weighted by molar-refractivity contribution is 4.72. The summed E-state index contributed by atoms with van der Waals surface area (Å²) in [6.45, 7) is 9.22. The fourth-order valence-electron chi connectivity index (χ4n) is 1.63. The van der Waals surface area contributed by atoms with E-state index in [1.807, 2.05) is 0 Å². The van der Waals surface area contributed by atoms with Crippen molar-refractivity contribution < 1.29 is 5.11 Å². The molecule has 0 aromatic carbocycles. The molecule has 0 radical (unpaired) electrons. The van der Waals surface area contributed by atoms with E-state index in [2.05, 4.69) is 33.0 Å². The predicted octanol–water partition coefficient (Wildman–Crippen LogP) is 2.17. The molecule has 0 heterocycles. The van der Waals surface area contributed by atoms with Gasteiger partial charge in [0.15, 0.2) is 0 Å². The van der Waals surface area contributed by atoms with Crippen LogP contribution < -0.4 is 5.32 Å². The van der Waals surface area contributed by atoms with Gasteiger partial charge in [0.25, 0.3) is 0 Å². The molecule has 80 valence electrons. The summed E-state index contributed by atoms with van der Waals surface area (Å²) < 4.78 is 0. The first kappa shape index (κ1) is 12.9. The maximum atomic E-state index is 8.69. The van der Waals surface area contributed by atoms with Gasteiger partial charge in [-0.05, 0) is 32.1 Å². The Morgan fingerprint density at radius 1 is 1.23 bits per heavy atom. The third-order valence-corrected chi connectivity index (χ3v) is 2.54. The third kappa shape index (κ3) is 6.05. The highest BCUT2D eigenvalue weighted by Crippen LogP contribution is 2.08. The average molecular weight is 187 g/mol. The second-order valence-corrected chi connectivity index (χ2v) is 4.19. The van der Waals surface area contributed by atoms with Crippen molar-refractivity contribution in [1.82, 2.24) is 5.32 Å². The Morgan fingerprint density at radius 2 is 1.85 bits per heavy atom. The van der Waals surface area contributed by atoms with Gasteiger partial charge in [0.1, 0.15) is 0 Å². The van der Waals surface area contributed by atoms with Crippen LogP contribution in [0.1, 0.15) is 47.0 Å². The van der Waals surface area contributed by atoms with Gasteiger partial charge in [-0.15, -0.1) is 0 Å². The largest absolute Gasteiger partial charge is 0.396 e. The van der Waals surface area contributed by atoms with Crippen LogP contribution in [0.2, 0.25) is 0 Å². The van der Waals surface area contributed by atoms with Gasteiger partial charge in [0, 0.05) is 18.7 Å². The lowest BCUT2D eigenvalue weighted by molar-refractivity contribution is 0.267. The number of rotatable bonds is 7.